The molecule has 50 heavy (non-hydrogen) atoms. The fourth-order valence-corrected chi connectivity index (χ4v) is 7.78. The molecule has 0 amide bonds. The van der Waals surface area contributed by atoms with Crippen LogP contribution < -0.4 is 19.7 Å². The molecule has 3 aliphatic rings. The van der Waals surface area contributed by atoms with Gasteiger partial charge in [-0.3, -0.25) is 5.10 Å². The van der Waals surface area contributed by atoms with Gasteiger partial charge in [-0.2, -0.15) is 15.1 Å². The molecule has 14 heteroatoms. The summed E-state index contributed by atoms with van der Waals surface area (Å²) < 4.78 is 39.6. The summed E-state index contributed by atoms with van der Waals surface area (Å²) in [5, 5.41) is 22.3. The quantitative estimate of drug-likeness (QED) is 0.118. The van der Waals surface area contributed by atoms with E-state index in [-0.39, 0.29) is 46.3 Å². The number of hydrogen-bond donors (Lipinski definition) is 3. The van der Waals surface area contributed by atoms with Crippen LogP contribution in [-0.4, -0.2) is 95.8 Å². The van der Waals surface area contributed by atoms with Gasteiger partial charge in [-0.1, -0.05) is 18.0 Å². The van der Waals surface area contributed by atoms with Crippen molar-refractivity contribution in [1.82, 2.24) is 30.5 Å². The highest BCUT2D eigenvalue weighted by molar-refractivity contribution is 6.35. The van der Waals surface area contributed by atoms with E-state index in [0.717, 1.165) is 50.8 Å². The number of piperidine rings is 1. The number of nitrogens with zero attached hydrogens (tertiary/aromatic N) is 5. The van der Waals surface area contributed by atoms with Gasteiger partial charge in [-0.25, -0.2) is 9.37 Å². The molecule has 0 bridgehead atoms. The van der Waals surface area contributed by atoms with Crippen molar-refractivity contribution in [3.05, 3.63) is 28.7 Å². The summed E-state index contributed by atoms with van der Waals surface area (Å²) in [6.07, 6.45) is 11.4. The van der Waals surface area contributed by atoms with E-state index in [1.165, 1.54) is 26.4 Å². The number of H-pyrrole nitrogens is 1. The highest BCUT2D eigenvalue weighted by atomic mass is 35.5. The van der Waals surface area contributed by atoms with Crippen LogP contribution in [0.5, 0.6) is 11.9 Å². The van der Waals surface area contributed by atoms with Crippen molar-refractivity contribution >= 4 is 39.2 Å². The minimum Gasteiger partial charge on any atom is -0.480 e. The Labute approximate surface area is 297 Å². The fourth-order valence-electron chi connectivity index (χ4n) is 7.53. The number of fused-ring (bicyclic) bond motifs is 3. The van der Waals surface area contributed by atoms with Crippen LogP contribution in [0.2, 0.25) is 5.02 Å². The SMILES string of the molecule is CC1CCCCO1.CCOCCN(CO)c1nc(OCC23CCCNC2CCC3)nc2c(F)c(-c3c(Cl)c(C)cc4[nH]ncc34)nc(OC)c12. The van der Waals surface area contributed by atoms with Gasteiger partial charge >= 0.3 is 6.01 Å². The standard InChI is InChI=1S/C30H37ClFN7O4.C6H12O/c1-4-42-12-11-39(16-40)27-22-26(36-29(37-27)43-15-30-8-5-7-20(30)33-10-6-9-30)24(32)25(35-28(22)41-3)21-18-14-34-38-19(18)13-17(2)23(21)31;1-6-4-2-3-5-7-6/h13-14,20,33,40H,4-12,15-16H2,1-3H3,(H,34,38);6H,2-5H2,1H3. The number of aryl methyl sites for hydroxylation is 1. The second-order valence-corrected chi connectivity index (χ2v) is 13.9. The van der Waals surface area contributed by atoms with Crippen LogP contribution in [0.1, 0.15) is 70.8 Å². The van der Waals surface area contributed by atoms with Crippen LogP contribution in [0.3, 0.4) is 0 Å². The lowest BCUT2D eigenvalue weighted by Gasteiger charge is -2.39. The first-order valence-corrected chi connectivity index (χ1v) is 18.2. The molecule has 1 saturated carbocycles. The number of rotatable bonds is 11. The van der Waals surface area contributed by atoms with E-state index in [1.807, 2.05) is 19.9 Å². The third-order valence-electron chi connectivity index (χ3n) is 10.2. The summed E-state index contributed by atoms with van der Waals surface area (Å²) in [6.45, 7) is 8.98. The van der Waals surface area contributed by atoms with E-state index >= 15 is 4.39 Å². The number of benzene rings is 1. The molecule has 7 rings (SSSR count). The normalized spacial score (nSPS) is 21.9. The molecule has 1 aliphatic carbocycles. The minimum absolute atomic E-state index is 0.0184. The molecule has 3 fully saturated rings. The van der Waals surface area contributed by atoms with Crippen LogP contribution in [-0.2, 0) is 9.47 Å². The highest BCUT2D eigenvalue weighted by Gasteiger charge is 2.45. The molecular formula is C36H49ClFN7O5. The monoisotopic (exact) mass is 713 g/mol. The Hall–Kier alpha value is -3.36. The Bertz CT molecular complexity index is 1770. The van der Waals surface area contributed by atoms with Crippen LogP contribution >= 0.6 is 11.6 Å². The Morgan fingerprint density at radius 1 is 1.16 bits per heavy atom. The van der Waals surface area contributed by atoms with Gasteiger partial charge in [0, 0.05) is 42.2 Å². The van der Waals surface area contributed by atoms with E-state index in [4.69, 9.17) is 35.5 Å². The van der Waals surface area contributed by atoms with E-state index < -0.39 is 12.5 Å². The maximum atomic E-state index is 16.8. The van der Waals surface area contributed by atoms with Gasteiger partial charge < -0.3 is 34.3 Å². The second-order valence-electron chi connectivity index (χ2n) is 13.5. The molecule has 3 atom stereocenters. The molecule has 5 heterocycles. The number of pyridine rings is 1. The van der Waals surface area contributed by atoms with E-state index in [1.54, 1.807) is 11.1 Å². The van der Waals surface area contributed by atoms with Gasteiger partial charge in [0.05, 0.1) is 43.2 Å². The van der Waals surface area contributed by atoms with Gasteiger partial charge in [-0.15, -0.1) is 0 Å². The predicted octanol–water partition coefficient (Wildman–Crippen LogP) is 6.35. The summed E-state index contributed by atoms with van der Waals surface area (Å²) in [5.41, 5.74) is 1.70. The smallest absolute Gasteiger partial charge is 0.319 e. The highest BCUT2D eigenvalue weighted by Crippen LogP contribution is 2.46. The van der Waals surface area contributed by atoms with Crippen molar-refractivity contribution in [2.75, 3.05) is 58.3 Å². The third kappa shape index (κ3) is 7.48. The van der Waals surface area contributed by atoms with Crippen LogP contribution in [0.25, 0.3) is 33.1 Å². The summed E-state index contributed by atoms with van der Waals surface area (Å²) in [6, 6.07) is 2.24. The average molecular weight is 714 g/mol. The molecule has 3 unspecified atom stereocenters. The molecule has 272 valence electrons. The summed E-state index contributed by atoms with van der Waals surface area (Å²) in [4.78, 5) is 15.5. The first-order valence-electron chi connectivity index (χ1n) is 17.8. The number of methoxy groups -OCH3 is 1. The lowest BCUT2D eigenvalue weighted by Crippen LogP contribution is -2.49. The van der Waals surface area contributed by atoms with Crippen molar-refractivity contribution < 1.29 is 28.4 Å². The summed E-state index contributed by atoms with van der Waals surface area (Å²) in [7, 11) is 1.45. The number of aromatic amines is 1. The van der Waals surface area contributed by atoms with Crippen molar-refractivity contribution in [2.24, 2.45) is 5.41 Å². The number of aliphatic hydroxyl groups excluding tert-OH is 1. The molecule has 12 nitrogen and oxygen atoms in total. The van der Waals surface area contributed by atoms with Crippen molar-refractivity contribution in [2.45, 2.75) is 84.3 Å². The fraction of sp³-hybridized carbons (Fsp3) is 0.611. The Morgan fingerprint density at radius 3 is 2.72 bits per heavy atom. The Balaban J connectivity index is 0.000000552. The molecular weight excluding hydrogens is 665 g/mol. The first kappa shape index (κ1) is 36.4. The van der Waals surface area contributed by atoms with Crippen molar-refractivity contribution in [3.63, 3.8) is 0 Å². The van der Waals surface area contributed by atoms with E-state index in [2.05, 4.69) is 32.4 Å². The molecule has 4 aromatic rings. The largest absolute Gasteiger partial charge is 0.480 e. The third-order valence-corrected chi connectivity index (χ3v) is 10.7. The van der Waals surface area contributed by atoms with E-state index in [0.29, 0.717) is 53.5 Å². The van der Waals surface area contributed by atoms with Gasteiger partial charge in [0.15, 0.2) is 11.6 Å². The Morgan fingerprint density at radius 2 is 2.00 bits per heavy atom. The summed E-state index contributed by atoms with van der Waals surface area (Å²) >= 11 is 6.77. The maximum absolute atomic E-state index is 16.8. The molecule has 2 aliphatic heterocycles. The number of hydrogen-bond acceptors (Lipinski definition) is 11. The Kier molecular flexibility index (Phi) is 11.9. The topological polar surface area (TPSA) is 140 Å². The zero-order valence-corrected chi connectivity index (χ0v) is 30.2. The van der Waals surface area contributed by atoms with Gasteiger partial charge in [0.25, 0.3) is 0 Å². The number of anilines is 1. The van der Waals surface area contributed by atoms with Crippen LogP contribution in [0.4, 0.5) is 10.2 Å². The zero-order chi connectivity index (χ0) is 35.3. The minimum atomic E-state index is -0.710. The molecule has 0 spiro atoms. The first-order chi connectivity index (χ1) is 24.3. The lowest BCUT2D eigenvalue weighted by molar-refractivity contribution is 0.0285. The van der Waals surface area contributed by atoms with Gasteiger partial charge in [0.2, 0.25) is 5.88 Å². The number of ether oxygens (including phenoxy) is 4. The number of aromatic nitrogens is 5. The zero-order valence-electron chi connectivity index (χ0n) is 29.5. The molecule has 0 radical (unpaired) electrons. The van der Waals surface area contributed by atoms with Crippen molar-refractivity contribution in [1.29, 1.82) is 0 Å². The molecule has 3 N–H and O–H groups in total. The maximum Gasteiger partial charge on any atom is 0.319 e. The molecule has 3 aromatic heterocycles. The van der Waals surface area contributed by atoms with Crippen molar-refractivity contribution in [3.8, 4) is 23.1 Å². The average Bonchev–Trinajstić information content (AvgIpc) is 3.78. The van der Waals surface area contributed by atoms with Crippen LogP contribution in [0.15, 0.2) is 12.3 Å². The number of halogens is 2. The van der Waals surface area contributed by atoms with E-state index in [9.17, 15) is 5.11 Å². The lowest BCUT2D eigenvalue weighted by atomic mass is 9.76. The second kappa shape index (κ2) is 16.3. The number of aliphatic hydroxyl groups is 1. The summed E-state index contributed by atoms with van der Waals surface area (Å²) in [5.74, 6) is -0.385. The van der Waals surface area contributed by atoms with Gasteiger partial charge in [-0.05, 0) is 83.9 Å². The van der Waals surface area contributed by atoms with Gasteiger partial charge in [0.1, 0.15) is 23.3 Å². The molecule has 2 saturated heterocycles. The predicted molar refractivity (Wildman–Crippen MR) is 192 cm³/mol. The molecule has 1 aromatic carbocycles. The number of nitrogens with one attached hydrogen (secondary N) is 2. The van der Waals surface area contributed by atoms with Crippen LogP contribution in [0, 0.1) is 18.2 Å².